The van der Waals surface area contributed by atoms with Gasteiger partial charge >= 0.3 is 6.18 Å². The Bertz CT molecular complexity index is 760. The predicted octanol–water partition coefficient (Wildman–Crippen LogP) is 4.99. The summed E-state index contributed by atoms with van der Waals surface area (Å²) in [5.41, 5.74) is 0.912. The fourth-order valence-corrected chi connectivity index (χ4v) is 2.27. The third-order valence-electron chi connectivity index (χ3n) is 3.47. The highest BCUT2D eigenvalue weighted by Crippen LogP contribution is 2.36. The van der Waals surface area contributed by atoms with Gasteiger partial charge < -0.3 is 10.1 Å². The van der Waals surface area contributed by atoms with E-state index in [1.54, 1.807) is 12.1 Å². The summed E-state index contributed by atoms with van der Waals surface area (Å²) < 4.78 is 43.8. The van der Waals surface area contributed by atoms with Crippen LogP contribution in [0.4, 0.5) is 18.9 Å². The van der Waals surface area contributed by atoms with Crippen LogP contribution in [-0.2, 0) is 11.0 Å². The number of amides is 1. The van der Waals surface area contributed by atoms with E-state index in [4.69, 9.17) is 16.3 Å². The molecule has 0 bridgehead atoms. The minimum absolute atomic E-state index is 0.00119. The van der Waals surface area contributed by atoms with E-state index in [-0.39, 0.29) is 12.3 Å². The van der Waals surface area contributed by atoms with Crippen LogP contribution >= 0.6 is 11.6 Å². The molecule has 0 fully saturated rings. The summed E-state index contributed by atoms with van der Waals surface area (Å²) in [6.45, 7) is 3.46. The third kappa shape index (κ3) is 4.41. The van der Waals surface area contributed by atoms with E-state index in [1.165, 1.54) is 6.07 Å². The lowest BCUT2D eigenvalue weighted by atomic mass is 10.1. The number of carbonyl (C=O) groups is 1. The molecular weight excluding hydrogens is 343 g/mol. The van der Waals surface area contributed by atoms with Crippen molar-refractivity contribution in [1.82, 2.24) is 0 Å². The molecule has 0 saturated carbocycles. The maximum Gasteiger partial charge on any atom is 0.417 e. The van der Waals surface area contributed by atoms with Crippen LogP contribution in [0.25, 0.3) is 0 Å². The molecule has 0 aliphatic heterocycles. The van der Waals surface area contributed by atoms with Gasteiger partial charge in [-0.25, -0.2) is 0 Å². The lowest BCUT2D eigenvalue weighted by Crippen LogP contribution is -2.21. The average Bonchev–Trinajstić information content (AvgIpc) is 2.49. The van der Waals surface area contributed by atoms with Crippen LogP contribution < -0.4 is 10.1 Å². The van der Waals surface area contributed by atoms with Crippen molar-refractivity contribution in [2.45, 2.75) is 20.0 Å². The summed E-state index contributed by atoms with van der Waals surface area (Å²) in [7, 11) is 0. The van der Waals surface area contributed by atoms with Gasteiger partial charge in [0.05, 0.1) is 10.6 Å². The summed E-state index contributed by atoms with van der Waals surface area (Å²) in [6, 6.07) is 8.61. The summed E-state index contributed by atoms with van der Waals surface area (Å²) >= 11 is 5.53. The number of hydrogen-bond donors (Lipinski definition) is 1. The van der Waals surface area contributed by atoms with Crippen LogP contribution in [0.5, 0.6) is 5.75 Å². The normalized spacial score (nSPS) is 11.2. The fraction of sp³-hybridized carbons (Fsp3) is 0.235. The first kappa shape index (κ1) is 18.1. The Morgan fingerprint density at radius 2 is 1.92 bits per heavy atom. The number of halogens is 4. The number of nitrogens with one attached hydrogen (secondary N) is 1. The summed E-state index contributed by atoms with van der Waals surface area (Å²) in [5, 5.41) is 1.94. The molecule has 0 unspecified atom stereocenters. The van der Waals surface area contributed by atoms with Gasteiger partial charge in [-0.3, -0.25) is 4.79 Å². The number of aryl methyl sites for hydroxylation is 1. The van der Waals surface area contributed by atoms with Gasteiger partial charge in [-0.1, -0.05) is 23.7 Å². The molecule has 1 amide bonds. The Balaban J connectivity index is 2.04. The Hall–Kier alpha value is -2.21. The van der Waals surface area contributed by atoms with Crippen LogP contribution in [0, 0.1) is 13.8 Å². The van der Waals surface area contributed by atoms with Crippen LogP contribution in [0.1, 0.15) is 16.7 Å². The van der Waals surface area contributed by atoms with E-state index in [0.717, 1.165) is 23.3 Å². The monoisotopic (exact) mass is 357 g/mol. The molecule has 2 aromatic carbocycles. The number of alkyl halides is 3. The van der Waals surface area contributed by atoms with E-state index in [0.29, 0.717) is 5.75 Å². The first-order valence-electron chi connectivity index (χ1n) is 7.04. The number of hydrogen-bond acceptors (Lipinski definition) is 2. The van der Waals surface area contributed by atoms with E-state index in [9.17, 15) is 18.0 Å². The lowest BCUT2D eigenvalue weighted by molar-refractivity contribution is -0.137. The van der Waals surface area contributed by atoms with Gasteiger partial charge in [-0.2, -0.15) is 13.2 Å². The van der Waals surface area contributed by atoms with Gasteiger partial charge in [-0.15, -0.1) is 0 Å². The lowest BCUT2D eigenvalue weighted by Gasteiger charge is -2.13. The molecule has 7 heteroatoms. The highest BCUT2D eigenvalue weighted by molar-refractivity contribution is 6.31. The molecule has 2 rings (SSSR count). The molecule has 0 atom stereocenters. The number of anilines is 1. The van der Waals surface area contributed by atoms with E-state index in [1.807, 2.05) is 19.9 Å². The van der Waals surface area contributed by atoms with Crippen molar-refractivity contribution in [3.63, 3.8) is 0 Å². The molecule has 0 spiro atoms. The zero-order valence-corrected chi connectivity index (χ0v) is 13.8. The second-order valence-corrected chi connectivity index (χ2v) is 5.63. The number of rotatable bonds is 4. The summed E-state index contributed by atoms with van der Waals surface area (Å²) in [5.74, 6) is -0.0106. The van der Waals surface area contributed by atoms with Crippen LogP contribution in [-0.4, -0.2) is 12.5 Å². The van der Waals surface area contributed by atoms with Crippen molar-refractivity contribution in [1.29, 1.82) is 0 Å². The zero-order chi connectivity index (χ0) is 17.9. The highest BCUT2D eigenvalue weighted by atomic mass is 35.5. The van der Waals surface area contributed by atoms with Crippen LogP contribution in [0.3, 0.4) is 0 Å². The van der Waals surface area contributed by atoms with E-state index in [2.05, 4.69) is 5.32 Å². The predicted molar refractivity (Wildman–Crippen MR) is 86.5 cm³/mol. The van der Waals surface area contributed by atoms with Gasteiger partial charge in [0.25, 0.3) is 5.91 Å². The zero-order valence-electron chi connectivity index (χ0n) is 13.0. The number of benzene rings is 2. The van der Waals surface area contributed by atoms with Crippen molar-refractivity contribution in [2.24, 2.45) is 0 Å². The molecule has 0 heterocycles. The molecule has 2 aromatic rings. The smallest absolute Gasteiger partial charge is 0.417 e. The van der Waals surface area contributed by atoms with E-state index >= 15 is 0 Å². The second-order valence-electron chi connectivity index (χ2n) is 5.23. The second kappa shape index (κ2) is 7.13. The van der Waals surface area contributed by atoms with Crippen LogP contribution in [0.15, 0.2) is 36.4 Å². The highest BCUT2D eigenvalue weighted by Gasteiger charge is 2.33. The van der Waals surface area contributed by atoms with Crippen molar-refractivity contribution in [3.8, 4) is 5.75 Å². The average molecular weight is 358 g/mol. The number of ether oxygens (including phenoxy) is 1. The molecule has 0 aliphatic carbocycles. The standard InChI is InChI=1S/C17H15ClF3NO2/c1-10-4-3-5-15(11(10)2)24-9-16(23)22-12-6-7-14(18)13(8-12)17(19,20)21/h3-8H,9H2,1-2H3,(H,22,23). The SMILES string of the molecule is Cc1cccc(OCC(=O)Nc2ccc(Cl)c(C(F)(F)F)c2)c1C. The van der Waals surface area contributed by atoms with Gasteiger partial charge in [-0.05, 0) is 49.2 Å². The third-order valence-corrected chi connectivity index (χ3v) is 3.80. The summed E-state index contributed by atoms with van der Waals surface area (Å²) in [4.78, 5) is 11.9. The van der Waals surface area contributed by atoms with Gasteiger partial charge in [0.2, 0.25) is 0 Å². The molecule has 0 aliphatic rings. The maximum atomic E-state index is 12.8. The number of carbonyl (C=O) groups excluding carboxylic acids is 1. The first-order valence-corrected chi connectivity index (χ1v) is 7.42. The Morgan fingerprint density at radius 1 is 1.21 bits per heavy atom. The van der Waals surface area contributed by atoms with Gasteiger partial charge in [0, 0.05) is 5.69 Å². The summed E-state index contributed by atoms with van der Waals surface area (Å²) in [6.07, 6.45) is -4.59. The maximum absolute atomic E-state index is 12.8. The molecule has 1 N–H and O–H groups in total. The molecule has 3 nitrogen and oxygen atoms in total. The minimum atomic E-state index is -4.59. The molecule has 128 valence electrons. The molecule has 0 radical (unpaired) electrons. The van der Waals surface area contributed by atoms with Gasteiger partial charge in [0.1, 0.15) is 5.75 Å². The largest absolute Gasteiger partial charge is 0.483 e. The van der Waals surface area contributed by atoms with E-state index < -0.39 is 22.7 Å². The molecule has 0 saturated heterocycles. The Morgan fingerprint density at radius 3 is 2.58 bits per heavy atom. The molecular formula is C17H15ClF3NO2. The molecule has 0 aromatic heterocycles. The van der Waals surface area contributed by atoms with Crippen LogP contribution in [0.2, 0.25) is 5.02 Å². The first-order chi connectivity index (χ1) is 11.2. The molecule has 24 heavy (non-hydrogen) atoms. The van der Waals surface area contributed by atoms with Crippen molar-refractivity contribution < 1.29 is 22.7 Å². The minimum Gasteiger partial charge on any atom is -0.483 e. The topological polar surface area (TPSA) is 38.3 Å². The van der Waals surface area contributed by atoms with Crippen molar-refractivity contribution >= 4 is 23.2 Å². The quantitative estimate of drug-likeness (QED) is 0.836. The fourth-order valence-electron chi connectivity index (χ4n) is 2.04. The van der Waals surface area contributed by atoms with Crippen molar-refractivity contribution in [2.75, 3.05) is 11.9 Å². The van der Waals surface area contributed by atoms with Crippen molar-refractivity contribution in [3.05, 3.63) is 58.1 Å². The Labute approximate surface area is 142 Å². The van der Waals surface area contributed by atoms with Gasteiger partial charge in [0.15, 0.2) is 6.61 Å². The Kier molecular flexibility index (Phi) is 5.39.